The lowest BCUT2D eigenvalue weighted by Gasteiger charge is -2.20. The highest BCUT2D eigenvalue weighted by Crippen LogP contribution is 2.30. The van der Waals surface area contributed by atoms with Crippen LogP contribution in [0.4, 0.5) is 0 Å². The van der Waals surface area contributed by atoms with E-state index in [9.17, 15) is 4.79 Å². The second-order valence-corrected chi connectivity index (χ2v) is 10.3. The van der Waals surface area contributed by atoms with Crippen LogP contribution < -0.4 is 10.1 Å². The Balaban J connectivity index is 1.50. The number of aromatic nitrogens is 4. The summed E-state index contributed by atoms with van der Waals surface area (Å²) in [6, 6.07) is 21.2. The van der Waals surface area contributed by atoms with Crippen LogP contribution in [0.5, 0.6) is 5.75 Å². The molecular formula is C31H28ClN5O3. The zero-order chi connectivity index (χ0) is 27.8. The average Bonchev–Trinajstić information content (AvgIpc) is 3.63. The van der Waals surface area contributed by atoms with Crippen LogP contribution in [0, 0.1) is 13.8 Å². The van der Waals surface area contributed by atoms with Crippen LogP contribution in [0.2, 0.25) is 5.02 Å². The summed E-state index contributed by atoms with van der Waals surface area (Å²) < 4.78 is 12.9. The largest absolute Gasteiger partial charge is 0.497 e. The predicted octanol–water partition coefficient (Wildman–Crippen LogP) is 6.55. The molecule has 0 saturated heterocycles. The number of nitrogens with one attached hydrogen (secondary N) is 2. The summed E-state index contributed by atoms with van der Waals surface area (Å²) in [7, 11) is 1.64. The molecule has 8 nitrogen and oxygen atoms in total. The summed E-state index contributed by atoms with van der Waals surface area (Å²) in [5.74, 6) is 1.64. The molecule has 1 atom stereocenters. The SMILES string of the molecule is COc1ccc2nc(C(Cc3c[nH]c4ccccc34)NC(=O)c3c(C)noc3C)n(Cc3cccc(Cl)c3)c2c1. The van der Waals surface area contributed by atoms with Crippen LogP contribution in [-0.2, 0) is 13.0 Å². The molecule has 0 aliphatic carbocycles. The Morgan fingerprint density at radius 1 is 1.12 bits per heavy atom. The van der Waals surface area contributed by atoms with Crippen LogP contribution >= 0.6 is 11.6 Å². The van der Waals surface area contributed by atoms with E-state index >= 15 is 0 Å². The quantitative estimate of drug-likeness (QED) is 0.223. The maximum absolute atomic E-state index is 13.7. The highest BCUT2D eigenvalue weighted by molar-refractivity contribution is 6.30. The van der Waals surface area contributed by atoms with E-state index in [4.69, 9.17) is 25.8 Å². The first kappa shape index (κ1) is 25.7. The molecule has 1 amide bonds. The van der Waals surface area contributed by atoms with Crippen molar-refractivity contribution in [2.24, 2.45) is 0 Å². The molecule has 202 valence electrons. The van der Waals surface area contributed by atoms with E-state index in [-0.39, 0.29) is 5.91 Å². The van der Waals surface area contributed by atoms with E-state index in [0.29, 0.717) is 40.8 Å². The van der Waals surface area contributed by atoms with Crippen molar-refractivity contribution in [2.75, 3.05) is 7.11 Å². The third-order valence-corrected chi connectivity index (χ3v) is 7.43. The zero-order valence-electron chi connectivity index (χ0n) is 22.4. The molecule has 0 radical (unpaired) electrons. The number of nitrogens with zero attached hydrogens (tertiary/aromatic N) is 3. The Labute approximate surface area is 235 Å². The molecule has 0 saturated carbocycles. The van der Waals surface area contributed by atoms with Gasteiger partial charge >= 0.3 is 0 Å². The number of benzene rings is 3. The predicted molar refractivity (Wildman–Crippen MR) is 155 cm³/mol. The van der Waals surface area contributed by atoms with E-state index < -0.39 is 6.04 Å². The van der Waals surface area contributed by atoms with Crippen LogP contribution in [0.3, 0.4) is 0 Å². The molecule has 0 aliphatic rings. The smallest absolute Gasteiger partial charge is 0.257 e. The Morgan fingerprint density at radius 2 is 1.98 bits per heavy atom. The first-order valence-corrected chi connectivity index (χ1v) is 13.4. The van der Waals surface area contributed by atoms with Gasteiger partial charge in [0.1, 0.15) is 22.9 Å². The number of aromatic amines is 1. The van der Waals surface area contributed by atoms with Crippen molar-refractivity contribution in [3.05, 3.63) is 112 Å². The number of para-hydroxylation sites is 1. The van der Waals surface area contributed by atoms with Crippen molar-refractivity contribution in [3.8, 4) is 5.75 Å². The molecule has 0 aliphatic heterocycles. The number of rotatable bonds is 8. The minimum atomic E-state index is -0.474. The molecule has 3 aromatic heterocycles. The first-order valence-electron chi connectivity index (χ1n) is 13.0. The number of imidazole rings is 1. The number of hydrogen-bond acceptors (Lipinski definition) is 5. The van der Waals surface area contributed by atoms with Gasteiger partial charge in [-0.2, -0.15) is 0 Å². The fraction of sp³-hybridized carbons (Fsp3) is 0.194. The molecule has 6 rings (SSSR count). The van der Waals surface area contributed by atoms with Crippen LogP contribution in [0.1, 0.15) is 44.8 Å². The van der Waals surface area contributed by atoms with Gasteiger partial charge in [0.15, 0.2) is 0 Å². The molecule has 9 heteroatoms. The number of H-pyrrole nitrogens is 1. The van der Waals surface area contributed by atoms with Crippen molar-refractivity contribution in [1.29, 1.82) is 0 Å². The molecule has 0 spiro atoms. The lowest BCUT2D eigenvalue weighted by Crippen LogP contribution is -2.32. The lowest BCUT2D eigenvalue weighted by molar-refractivity contribution is 0.0932. The molecular weight excluding hydrogens is 526 g/mol. The molecule has 1 unspecified atom stereocenters. The maximum atomic E-state index is 13.7. The van der Waals surface area contributed by atoms with Gasteiger partial charge in [-0.15, -0.1) is 0 Å². The zero-order valence-corrected chi connectivity index (χ0v) is 23.1. The average molecular weight is 554 g/mol. The molecule has 3 aromatic carbocycles. The fourth-order valence-corrected chi connectivity index (χ4v) is 5.48. The molecule has 6 aromatic rings. The van der Waals surface area contributed by atoms with Gasteiger partial charge in [-0.05, 0) is 55.3 Å². The van der Waals surface area contributed by atoms with Gasteiger partial charge in [0.25, 0.3) is 5.91 Å². The standard InChI is InChI=1S/C31H28ClN5O3/c1-18-29(19(2)40-36-18)31(38)35-27(14-21-16-33-25-10-5-4-9-24(21)25)30-34-26-12-11-23(39-3)15-28(26)37(30)17-20-7-6-8-22(32)13-20/h4-13,15-16,27,33H,14,17H2,1-3H3,(H,35,38). The van der Waals surface area contributed by atoms with E-state index in [1.165, 1.54) is 0 Å². The number of aryl methyl sites for hydroxylation is 2. The number of amides is 1. The van der Waals surface area contributed by atoms with Gasteiger partial charge in [-0.3, -0.25) is 4.79 Å². The van der Waals surface area contributed by atoms with Crippen molar-refractivity contribution < 1.29 is 14.1 Å². The third-order valence-electron chi connectivity index (χ3n) is 7.19. The molecule has 40 heavy (non-hydrogen) atoms. The maximum Gasteiger partial charge on any atom is 0.257 e. The fourth-order valence-electron chi connectivity index (χ4n) is 5.26. The summed E-state index contributed by atoms with van der Waals surface area (Å²) in [6.07, 6.45) is 2.50. The summed E-state index contributed by atoms with van der Waals surface area (Å²) >= 11 is 6.34. The normalized spacial score (nSPS) is 12.2. The van der Waals surface area contributed by atoms with E-state index in [0.717, 1.165) is 38.8 Å². The van der Waals surface area contributed by atoms with Crippen molar-refractivity contribution in [1.82, 2.24) is 25.0 Å². The highest BCUT2D eigenvalue weighted by atomic mass is 35.5. The Bertz CT molecular complexity index is 1830. The summed E-state index contributed by atoms with van der Waals surface area (Å²) in [5, 5.41) is 8.99. The monoisotopic (exact) mass is 553 g/mol. The van der Waals surface area contributed by atoms with Gasteiger partial charge in [0.05, 0.1) is 29.9 Å². The minimum Gasteiger partial charge on any atom is -0.497 e. The van der Waals surface area contributed by atoms with Crippen molar-refractivity contribution >= 4 is 39.4 Å². The second kappa shape index (κ2) is 10.5. The number of halogens is 1. The molecule has 0 bridgehead atoms. The van der Waals surface area contributed by atoms with E-state index in [2.05, 4.69) is 26.1 Å². The Kier molecular flexibility index (Phi) is 6.77. The number of ether oxygens (including phenoxy) is 1. The number of carbonyl (C=O) groups excluding carboxylic acids is 1. The van der Waals surface area contributed by atoms with Crippen molar-refractivity contribution in [2.45, 2.75) is 32.9 Å². The van der Waals surface area contributed by atoms with Gasteiger partial charge in [-0.1, -0.05) is 47.1 Å². The second-order valence-electron chi connectivity index (χ2n) is 9.83. The third kappa shape index (κ3) is 4.82. The molecule has 3 heterocycles. The first-order chi connectivity index (χ1) is 19.4. The molecule has 2 N–H and O–H groups in total. The number of carbonyl (C=O) groups is 1. The lowest BCUT2D eigenvalue weighted by atomic mass is 10.0. The number of methoxy groups -OCH3 is 1. The Morgan fingerprint density at radius 3 is 2.75 bits per heavy atom. The van der Waals surface area contributed by atoms with Crippen molar-refractivity contribution in [3.63, 3.8) is 0 Å². The van der Waals surface area contributed by atoms with Crippen LogP contribution in [-0.4, -0.2) is 32.7 Å². The van der Waals surface area contributed by atoms with E-state index in [1.54, 1.807) is 21.0 Å². The summed E-state index contributed by atoms with van der Waals surface area (Å²) in [4.78, 5) is 22.1. The Hall–Kier alpha value is -4.56. The van der Waals surface area contributed by atoms with Crippen LogP contribution in [0.25, 0.3) is 21.9 Å². The summed E-state index contributed by atoms with van der Waals surface area (Å²) in [6.45, 7) is 4.01. The summed E-state index contributed by atoms with van der Waals surface area (Å²) in [5.41, 5.74) is 5.78. The van der Waals surface area contributed by atoms with Crippen LogP contribution in [0.15, 0.2) is 77.4 Å². The number of hydrogen-bond donors (Lipinski definition) is 2. The topological polar surface area (TPSA) is 98.0 Å². The minimum absolute atomic E-state index is 0.264. The van der Waals surface area contributed by atoms with E-state index in [1.807, 2.05) is 66.9 Å². The number of fused-ring (bicyclic) bond motifs is 2. The molecule has 0 fully saturated rings. The van der Waals surface area contributed by atoms with Gasteiger partial charge in [0.2, 0.25) is 0 Å². The van der Waals surface area contributed by atoms with Gasteiger partial charge in [0, 0.05) is 41.2 Å². The van der Waals surface area contributed by atoms with Gasteiger partial charge in [-0.25, -0.2) is 4.98 Å². The highest BCUT2D eigenvalue weighted by Gasteiger charge is 2.27. The van der Waals surface area contributed by atoms with Gasteiger partial charge < -0.3 is 24.1 Å².